The Morgan fingerprint density at radius 3 is 2.44 bits per heavy atom. The third-order valence-corrected chi connectivity index (χ3v) is 5.48. The van der Waals surface area contributed by atoms with Crippen molar-refractivity contribution in [3.63, 3.8) is 0 Å². The summed E-state index contributed by atoms with van der Waals surface area (Å²) in [6, 6.07) is 11.5. The molecule has 1 aromatic carbocycles. The molecule has 1 amide bonds. The first-order valence-corrected chi connectivity index (χ1v) is 10.8. The number of amides is 1. The number of aromatic nitrogens is 2. The molecule has 182 valence electrons. The molecule has 3 heterocycles. The number of alkyl halides is 3. The van der Waals surface area contributed by atoms with Crippen LogP contribution in [0.3, 0.4) is 0 Å². The van der Waals surface area contributed by atoms with E-state index in [4.69, 9.17) is 21.5 Å². The number of halogens is 4. The van der Waals surface area contributed by atoms with E-state index < -0.39 is 12.1 Å². The highest BCUT2D eigenvalue weighted by atomic mass is 35.5. The van der Waals surface area contributed by atoms with Crippen LogP contribution in [0, 0.1) is 0 Å². The average Bonchev–Trinajstić information content (AvgIpc) is 3.23. The number of H-pyrrole nitrogens is 1. The summed E-state index contributed by atoms with van der Waals surface area (Å²) in [5, 5.41) is 11.4. The second kappa shape index (κ2) is 10.7. The van der Waals surface area contributed by atoms with Gasteiger partial charge in [0.05, 0.1) is 23.1 Å². The van der Waals surface area contributed by atoms with Crippen molar-refractivity contribution in [2.45, 2.75) is 13.1 Å². The number of hydrogen-bond acceptors (Lipinski definition) is 5. The number of carbonyl (C=O) groups excluding carboxylic acids is 1. The zero-order chi connectivity index (χ0) is 24.9. The molecular formula is C22H23ClF3N5O3. The van der Waals surface area contributed by atoms with Crippen LogP contribution >= 0.6 is 11.6 Å². The molecule has 34 heavy (non-hydrogen) atoms. The number of nitrogens with one attached hydrogen (secondary N) is 2. The highest BCUT2D eigenvalue weighted by Crippen LogP contribution is 2.27. The van der Waals surface area contributed by atoms with Gasteiger partial charge >= 0.3 is 12.1 Å². The molecule has 12 heteroatoms. The molecule has 2 aromatic heterocycles. The van der Waals surface area contributed by atoms with Crippen LogP contribution in [0.2, 0.25) is 5.15 Å². The maximum absolute atomic E-state index is 12.8. The van der Waals surface area contributed by atoms with Crippen LogP contribution in [0.25, 0.3) is 10.9 Å². The fraction of sp³-hybridized carbons (Fsp3) is 0.318. The summed E-state index contributed by atoms with van der Waals surface area (Å²) >= 11 is 5.93. The number of rotatable bonds is 4. The molecule has 0 bridgehead atoms. The Morgan fingerprint density at radius 2 is 1.82 bits per heavy atom. The topological polar surface area (TPSA) is 102 Å². The molecule has 4 rings (SSSR count). The summed E-state index contributed by atoms with van der Waals surface area (Å²) in [6.07, 6.45) is -3.45. The van der Waals surface area contributed by atoms with Gasteiger partial charge in [-0.2, -0.15) is 13.2 Å². The fourth-order valence-corrected chi connectivity index (χ4v) is 3.64. The van der Waals surface area contributed by atoms with Gasteiger partial charge in [0.2, 0.25) is 0 Å². The zero-order valence-electron chi connectivity index (χ0n) is 18.2. The van der Waals surface area contributed by atoms with Gasteiger partial charge in [-0.25, -0.2) is 9.78 Å². The molecule has 1 fully saturated rings. The van der Waals surface area contributed by atoms with Gasteiger partial charge < -0.3 is 25.2 Å². The highest BCUT2D eigenvalue weighted by Gasteiger charge is 2.38. The molecular weight excluding hydrogens is 475 g/mol. The van der Waals surface area contributed by atoms with Gasteiger partial charge in [0.25, 0.3) is 5.91 Å². The van der Waals surface area contributed by atoms with Gasteiger partial charge in [-0.1, -0.05) is 30.7 Å². The Labute approximate surface area is 198 Å². The second-order valence-corrected chi connectivity index (χ2v) is 7.86. The molecule has 0 atom stereocenters. The summed E-state index contributed by atoms with van der Waals surface area (Å²) in [5.41, 5.74) is 3.15. The summed E-state index contributed by atoms with van der Waals surface area (Å²) in [4.78, 5) is 33.6. The predicted molar refractivity (Wildman–Crippen MR) is 124 cm³/mol. The maximum atomic E-state index is 12.8. The van der Waals surface area contributed by atoms with Crippen LogP contribution in [-0.2, 0) is 4.79 Å². The van der Waals surface area contributed by atoms with Gasteiger partial charge in [-0.15, -0.1) is 0 Å². The molecule has 1 aliphatic rings. The van der Waals surface area contributed by atoms with Gasteiger partial charge in [-0.3, -0.25) is 4.79 Å². The third-order valence-electron chi connectivity index (χ3n) is 5.27. The SMILES string of the molecule is CCN1CCN(c2ccccc2NC(=O)c2cc3cc(Cl)ncc3[nH]2)CC1.O=C(O)C(F)(F)F. The standard InChI is InChI=1S/C20H22ClN5O.C2HF3O2/c1-2-25-7-9-26(10-8-25)18-6-4-3-5-15(18)24-20(27)16-11-14-12-19(21)22-13-17(14)23-16;3-2(4,5)1(6)7/h3-6,11-13,23H,2,7-10H2,1H3,(H,24,27);(H,6,7). The molecule has 0 radical (unpaired) electrons. The third kappa shape index (κ3) is 6.39. The number of para-hydroxylation sites is 2. The maximum Gasteiger partial charge on any atom is 0.490 e. The Bertz CT molecular complexity index is 1160. The number of anilines is 2. The lowest BCUT2D eigenvalue weighted by atomic mass is 10.2. The lowest BCUT2D eigenvalue weighted by molar-refractivity contribution is -0.192. The van der Waals surface area contributed by atoms with E-state index in [-0.39, 0.29) is 5.91 Å². The number of aliphatic carboxylic acids is 1. The summed E-state index contributed by atoms with van der Waals surface area (Å²) in [7, 11) is 0. The summed E-state index contributed by atoms with van der Waals surface area (Å²) in [6.45, 7) is 7.25. The van der Waals surface area contributed by atoms with E-state index in [0.717, 1.165) is 55.0 Å². The first-order valence-electron chi connectivity index (χ1n) is 10.4. The number of hydrogen-bond donors (Lipinski definition) is 3. The van der Waals surface area contributed by atoms with E-state index in [1.54, 1.807) is 18.3 Å². The molecule has 0 saturated carbocycles. The first-order chi connectivity index (χ1) is 16.1. The van der Waals surface area contributed by atoms with Crippen molar-refractivity contribution < 1.29 is 27.9 Å². The molecule has 1 aliphatic heterocycles. The average molecular weight is 498 g/mol. The number of benzene rings is 1. The van der Waals surface area contributed by atoms with Crippen molar-refractivity contribution in [2.24, 2.45) is 0 Å². The van der Waals surface area contributed by atoms with Crippen LogP contribution in [-0.4, -0.2) is 70.8 Å². The summed E-state index contributed by atoms with van der Waals surface area (Å²) in [5.74, 6) is -2.94. The second-order valence-electron chi connectivity index (χ2n) is 7.47. The van der Waals surface area contributed by atoms with Crippen LogP contribution in [0.5, 0.6) is 0 Å². The lowest BCUT2D eigenvalue weighted by Crippen LogP contribution is -2.46. The van der Waals surface area contributed by atoms with Gasteiger partial charge in [0, 0.05) is 31.6 Å². The normalized spacial score (nSPS) is 14.4. The number of carboxylic acid groups (broad SMARTS) is 1. The molecule has 1 saturated heterocycles. The zero-order valence-corrected chi connectivity index (χ0v) is 19.0. The quantitative estimate of drug-likeness (QED) is 0.466. The smallest absolute Gasteiger partial charge is 0.475 e. The fourth-order valence-electron chi connectivity index (χ4n) is 3.48. The lowest BCUT2D eigenvalue weighted by Gasteiger charge is -2.36. The molecule has 8 nitrogen and oxygen atoms in total. The van der Waals surface area contributed by atoms with Crippen molar-refractivity contribution in [2.75, 3.05) is 42.9 Å². The van der Waals surface area contributed by atoms with Crippen molar-refractivity contribution >= 4 is 45.8 Å². The van der Waals surface area contributed by atoms with Gasteiger partial charge in [0.1, 0.15) is 10.8 Å². The minimum atomic E-state index is -5.08. The van der Waals surface area contributed by atoms with Crippen molar-refractivity contribution in [3.8, 4) is 0 Å². The number of piperazine rings is 1. The Balaban J connectivity index is 0.000000406. The predicted octanol–water partition coefficient (Wildman–Crippen LogP) is 4.24. The first kappa shape index (κ1) is 25.3. The number of fused-ring (bicyclic) bond motifs is 1. The van der Waals surface area contributed by atoms with E-state index in [9.17, 15) is 18.0 Å². The Hall–Kier alpha value is -3.31. The van der Waals surface area contributed by atoms with Gasteiger partial charge in [0.15, 0.2) is 0 Å². The number of carbonyl (C=O) groups is 2. The van der Waals surface area contributed by atoms with Crippen molar-refractivity contribution in [1.29, 1.82) is 0 Å². The minimum Gasteiger partial charge on any atom is -0.475 e. The van der Waals surface area contributed by atoms with Crippen LogP contribution in [0.1, 0.15) is 17.4 Å². The van der Waals surface area contributed by atoms with Crippen molar-refractivity contribution in [3.05, 3.63) is 53.4 Å². The number of nitrogens with zero attached hydrogens (tertiary/aromatic N) is 3. The van der Waals surface area contributed by atoms with Gasteiger partial charge in [-0.05, 0) is 30.8 Å². The Kier molecular flexibility index (Phi) is 8.00. The van der Waals surface area contributed by atoms with E-state index in [1.165, 1.54) is 0 Å². The number of pyridine rings is 1. The van der Waals surface area contributed by atoms with Crippen molar-refractivity contribution in [1.82, 2.24) is 14.9 Å². The number of likely N-dealkylation sites (N-methyl/N-ethyl adjacent to an activating group) is 1. The van der Waals surface area contributed by atoms with E-state index in [1.807, 2.05) is 18.2 Å². The molecule has 0 unspecified atom stereocenters. The minimum absolute atomic E-state index is 0.179. The Morgan fingerprint density at radius 1 is 1.18 bits per heavy atom. The number of carboxylic acids is 1. The number of aromatic amines is 1. The monoisotopic (exact) mass is 497 g/mol. The molecule has 0 spiro atoms. The summed E-state index contributed by atoms with van der Waals surface area (Å²) < 4.78 is 31.7. The van der Waals surface area contributed by atoms with E-state index in [2.05, 4.69) is 38.1 Å². The van der Waals surface area contributed by atoms with E-state index >= 15 is 0 Å². The van der Waals surface area contributed by atoms with Crippen LogP contribution in [0.4, 0.5) is 24.5 Å². The largest absolute Gasteiger partial charge is 0.490 e. The van der Waals surface area contributed by atoms with Crippen LogP contribution < -0.4 is 10.2 Å². The van der Waals surface area contributed by atoms with E-state index in [0.29, 0.717) is 10.8 Å². The molecule has 0 aliphatic carbocycles. The molecule has 3 aromatic rings. The highest BCUT2D eigenvalue weighted by molar-refractivity contribution is 6.30. The van der Waals surface area contributed by atoms with Crippen LogP contribution in [0.15, 0.2) is 42.6 Å². The molecule has 3 N–H and O–H groups in total.